The van der Waals surface area contributed by atoms with E-state index in [-0.39, 0.29) is 41.3 Å². The van der Waals surface area contributed by atoms with Crippen LogP contribution in [0.5, 0.6) is 0 Å². The predicted molar refractivity (Wildman–Crippen MR) is 131 cm³/mol. The summed E-state index contributed by atoms with van der Waals surface area (Å²) in [5.74, 6) is 2.46. The van der Waals surface area contributed by atoms with Crippen LogP contribution in [0, 0.1) is 46.3 Å². The molecule has 0 aromatic carbocycles. The molecule has 194 valence electrons. The molecule has 6 heteroatoms. The van der Waals surface area contributed by atoms with E-state index in [1.54, 1.807) is 0 Å². The molecule has 34 heavy (non-hydrogen) atoms. The van der Waals surface area contributed by atoms with Gasteiger partial charge in [-0.1, -0.05) is 20.8 Å². The largest absolute Gasteiger partial charge is 0.481 e. The first-order valence-corrected chi connectivity index (χ1v) is 13.9. The normalized spacial score (nSPS) is 44.4. The molecule has 10 atom stereocenters. The topological polar surface area (TPSA) is 107 Å². The number of fused-ring (bicyclic) bond motifs is 5. The van der Waals surface area contributed by atoms with E-state index in [1.807, 2.05) is 0 Å². The third-order valence-corrected chi connectivity index (χ3v) is 11.1. The minimum Gasteiger partial charge on any atom is -0.481 e. The summed E-state index contributed by atoms with van der Waals surface area (Å²) >= 11 is 0. The van der Waals surface area contributed by atoms with Gasteiger partial charge in [0, 0.05) is 19.4 Å². The fourth-order valence-corrected chi connectivity index (χ4v) is 9.37. The minimum atomic E-state index is -0.822. The first-order chi connectivity index (χ1) is 16.1. The zero-order valence-electron chi connectivity index (χ0n) is 21.5. The van der Waals surface area contributed by atoms with Crippen molar-refractivity contribution in [3.63, 3.8) is 0 Å². The number of hydrogen-bond acceptors (Lipinski definition) is 4. The number of amides is 1. The van der Waals surface area contributed by atoms with Gasteiger partial charge in [-0.2, -0.15) is 0 Å². The Morgan fingerprint density at radius 3 is 2.38 bits per heavy atom. The number of carboxylic acids is 1. The van der Waals surface area contributed by atoms with Crippen molar-refractivity contribution >= 4 is 11.9 Å². The van der Waals surface area contributed by atoms with Gasteiger partial charge in [-0.05, 0) is 111 Å². The Morgan fingerprint density at radius 2 is 1.65 bits per heavy atom. The van der Waals surface area contributed by atoms with Crippen LogP contribution in [0.2, 0.25) is 0 Å². The van der Waals surface area contributed by atoms with Crippen molar-refractivity contribution in [2.75, 3.05) is 6.54 Å². The zero-order chi connectivity index (χ0) is 24.7. The second-order valence-corrected chi connectivity index (χ2v) is 12.8. The Hall–Kier alpha value is -1.14. The Kier molecular flexibility index (Phi) is 7.69. The molecule has 0 heterocycles. The van der Waals surface area contributed by atoms with Gasteiger partial charge in [0.05, 0.1) is 12.2 Å². The Labute approximate surface area is 205 Å². The fourth-order valence-electron chi connectivity index (χ4n) is 9.37. The molecule has 0 aromatic rings. The highest BCUT2D eigenvalue weighted by atomic mass is 16.4. The van der Waals surface area contributed by atoms with Crippen LogP contribution in [0.15, 0.2) is 0 Å². The van der Waals surface area contributed by atoms with Gasteiger partial charge >= 0.3 is 5.97 Å². The van der Waals surface area contributed by atoms with E-state index >= 15 is 0 Å². The quantitative estimate of drug-likeness (QED) is 0.388. The predicted octanol–water partition coefficient (Wildman–Crippen LogP) is 4.37. The average Bonchev–Trinajstić information content (AvgIpc) is 3.14. The van der Waals surface area contributed by atoms with Gasteiger partial charge in [-0.3, -0.25) is 9.59 Å². The summed E-state index contributed by atoms with van der Waals surface area (Å²) < 4.78 is 0. The maximum absolute atomic E-state index is 12.3. The number of carbonyl (C=O) groups is 2. The standard InChI is InChI=1S/C28H47NO5/c1-17(6-9-25(32)29-14-4-5-26(33)34)20-7-8-21-19-16-24(31)23-15-18(30)10-12-28(23,3)22(19)11-13-27(20,21)2/h17-24,30-31H,4-16H2,1-3H3,(H,29,32)(H,33,34)/t17-,18-,19+,20-,21+,22+,23+,24+,27-,28-/m0/s1. The van der Waals surface area contributed by atoms with Crippen molar-refractivity contribution in [1.82, 2.24) is 5.32 Å². The number of aliphatic hydroxyl groups excluding tert-OH is 2. The van der Waals surface area contributed by atoms with E-state index in [0.29, 0.717) is 49.0 Å². The van der Waals surface area contributed by atoms with Gasteiger partial charge in [-0.25, -0.2) is 0 Å². The van der Waals surface area contributed by atoms with Gasteiger partial charge in [0.15, 0.2) is 0 Å². The summed E-state index contributed by atoms with van der Waals surface area (Å²) in [5, 5.41) is 33.1. The van der Waals surface area contributed by atoms with E-state index in [2.05, 4.69) is 26.1 Å². The Morgan fingerprint density at radius 1 is 0.941 bits per heavy atom. The monoisotopic (exact) mass is 477 g/mol. The lowest BCUT2D eigenvalue weighted by molar-refractivity contribution is -0.172. The molecule has 4 N–H and O–H groups in total. The third-order valence-electron chi connectivity index (χ3n) is 11.1. The number of rotatable bonds is 8. The summed E-state index contributed by atoms with van der Waals surface area (Å²) in [7, 11) is 0. The van der Waals surface area contributed by atoms with Crippen molar-refractivity contribution in [3.8, 4) is 0 Å². The maximum Gasteiger partial charge on any atom is 0.303 e. The Balaban J connectivity index is 1.36. The van der Waals surface area contributed by atoms with Crippen LogP contribution < -0.4 is 5.32 Å². The summed E-state index contributed by atoms with van der Waals surface area (Å²) in [5.41, 5.74) is 0.445. The highest BCUT2D eigenvalue weighted by Crippen LogP contribution is 2.68. The molecule has 4 aliphatic carbocycles. The van der Waals surface area contributed by atoms with E-state index in [0.717, 1.165) is 32.1 Å². The first kappa shape index (κ1) is 25.9. The molecule has 0 aromatic heterocycles. The van der Waals surface area contributed by atoms with E-state index in [1.165, 1.54) is 25.7 Å². The van der Waals surface area contributed by atoms with Crippen molar-refractivity contribution in [3.05, 3.63) is 0 Å². The maximum atomic E-state index is 12.3. The van der Waals surface area contributed by atoms with Gasteiger partial charge in [0.2, 0.25) is 5.91 Å². The second-order valence-electron chi connectivity index (χ2n) is 12.8. The molecular formula is C28H47NO5. The van der Waals surface area contributed by atoms with Crippen LogP contribution >= 0.6 is 0 Å². The van der Waals surface area contributed by atoms with Gasteiger partial charge in [-0.15, -0.1) is 0 Å². The molecule has 0 aliphatic heterocycles. The van der Waals surface area contributed by atoms with Gasteiger partial charge in [0.25, 0.3) is 0 Å². The number of nitrogens with one attached hydrogen (secondary N) is 1. The van der Waals surface area contributed by atoms with Crippen molar-refractivity contribution in [1.29, 1.82) is 0 Å². The molecule has 6 nitrogen and oxygen atoms in total. The van der Waals surface area contributed by atoms with Crippen LogP contribution in [0.25, 0.3) is 0 Å². The molecular weight excluding hydrogens is 430 g/mol. The number of hydrogen-bond donors (Lipinski definition) is 4. The van der Waals surface area contributed by atoms with Crippen LogP contribution in [-0.4, -0.2) is 45.9 Å². The molecule has 0 saturated heterocycles. The zero-order valence-corrected chi connectivity index (χ0v) is 21.5. The highest BCUT2D eigenvalue weighted by Gasteiger charge is 2.62. The lowest BCUT2D eigenvalue weighted by Gasteiger charge is -2.62. The molecule has 0 unspecified atom stereocenters. The van der Waals surface area contributed by atoms with Crippen LogP contribution in [-0.2, 0) is 9.59 Å². The van der Waals surface area contributed by atoms with E-state index in [4.69, 9.17) is 5.11 Å². The van der Waals surface area contributed by atoms with E-state index in [9.17, 15) is 19.8 Å². The highest BCUT2D eigenvalue weighted by molar-refractivity contribution is 5.75. The second kappa shape index (κ2) is 10.1. The minimum absolute atomic E-state index is 0.0366. The summed E-state index contributed by atoms with van der Waals surface area (Å²) in [4.78, 5) is 22.9. The van der Waals surface area contributed by atoms with Crippen LogP contribution in [0.3, 0.4) is 0 Å². The van der Waals surface area contributed by atoms with Crippen molar-refractivity contribution in [2.24, 2.45) is 46.3 Å². The van der Waals surface area contributed by atoms with E-state index < -0.39 is 5.97 Å². The molecule has 4 aliphatic rings. The van der Waals surface area contributed by atoms with Crippen molar-refractivity contribution < 1.29 is 24.9 Å². The smallest absolute Gasteiger partial charge is 0.303 e. The number of aliphatic carboxylic acids is 1. The molecule has 4 rings (SSSR count). The lowest BCUT2D eigenvalue weighted by Crippen LogP contribution is -2.58. The van der Waals surface area contributed by atoms with Crippen LogP contribution in [0.1, 0.15) is 97.8 Å². The molecule has 0 radical (unpaired) electrons. The van der Waals surface area contributed by atoms with Crippen molar-refractivity contribution in [2.45, 2.75) is 110 Å². The number of carboxylic acid groups (broad SMARTS) is 1. The molecule has 0 bridgehead atoms. The summed E-state index contributed by atoms with van der Waals surface area (Å²) in [6.07, 6.45) is 9.96. The molecule has 4 saturated carbocycles. The summed E-state index contributed by atoms with van der Waals surface area (Å²) in [6.45, 7) is 7.67. The Bertz CT molecular complexity index is 757. The fraction of sp³-hybridized carbons (Fsp3) is 0.929. The third kappa shape index (κ3) is 4.78. The van der Waals surface area contributed by atoms with Gasteiger partial charge in [0.1, 0.15) is 0 Å². The first-order valence-electron chi connectivity index (χ1n) is 13.9. The van der Waals surface area contributed by atoms with Gasteiger partial charge < -0.3 is 20.6 Å². The molecule has 4 fully saturated rings. The average molecular weight is 478 g/mol. The lowest BCUT2D eigenvalue weighted by atomic mass is 9.44. The SMILES string of the molecule is C[C@@H](CCC(=O)NCCCC(=O)O)[C@@H]1CC[C@@H]2[C@H]3C[C@@H](O)[C@H]4C[C@@H](O)CC[C@@]4(C)[C@@H]3CC[C@]21C. The molecule has 1 amide bonds. The number of aliphatic hydroxyl groups is 2. The van der Waals surface area contributed by atoms with Crippen LogP contribution in [0.4, 0.5) is 0 Å². The summed E-state index contributed by atoms with van der Waals surface area (Å²) in [6, 6.07) is 0. The molecule has 0 spiro atoms. The number of carbonyl (C=O) groups excluding carboxylic acids is 1.